The van der Waals surface area contributed by atoms with Crippen molar-refractivity contribution < 1.29 is 13.7 Å². The average molecular weight is 724 g/mol. The van der Waals surface area contributed by atoms with Crippen LogP contribution in [0.15, 0.2) is 36.4 Å². The maximum atomic E-state index is 14.5. The lowest BCUT2D eigenvalue weighted by atomic mass is 9.63. The molecule has 50 heavy (non-hydrogen) atoms. The van der Waals surface area contributed by atoms with Gasteiger partial charge in [0, 0.05) is 60.1 Å². The number of likely N-dealkylation sites (tertiary alicyclic amines) is 1. The van der Waals surface area contributed by atoms with Gasteiger partial charge in [-0.2, -0.15) is 0 Å². The van der Waals surface area contributed by atoms with E-state index in [-0.39, 0.29) is 17.7 Å². The Kier molecular flexibility index (Phi) is 10.7. The van der Waals surface area contributed by atoms with E-state index in [1.54, 1.807) is 13.0 Å². The Balaban J connectivity index is 1.84. The van der Waals surface area contributed by atoms with Gasteiger partial charge < -0.3 is 10.2 Å². The van der Waals surface area contributed by atoms with Crippen molar-refractivity contribution in [3.05, 3.63) is 102 Å². The summed E-state index contributed by atoms with van der Waals surface area (Å²) in [7, 11) is 0. The molecule has 0 radical (unpaired) electrons. The molecular weight excluding hydrogens is 661 g/mol. The topological polar surface area (TPSA) is 52.7 Å². The predicted molar refractivity (Wildman–Crippen MR) is 211 cm³/mol. The van der Waals surface area contributed by atoms with E-state index >= 15 is 0 Å². The number of nitrogens with one attached hydrogen (secondary N) is 1. The third-order valence-electron chi connectivity index (χ3n) is 12.6. The van der Waals surface area contributed by atoms with E-state index in [9.17, 15) is 9.59 Å². The lowest BCUT2D eigenvalue weighted by Gasteiger charge is -2.58. The van der Waals surface area contributed by atoms with Gasteiger partial charge in [0.25, 0.3) is 5.91 Å². The zero-order valence-corrected chi connectivity index (χ0v) is 33.9. The van der Waals surface area contributed by atoms with Gasteiger partial charge in [0.15, 0.2) is 0 Å². The molecule has 5 nitrogen and oxygen atoms in total. The Bertz CT molecular complexity index is 1890. The van der Waals surface area contributed by atoms with Gasteiger partial charge in [0.2, 0.25) is 5.91 Å². The van der Waals surface area contributed by atoms with E-state index in [0.29, 0.717) is 35.1 Å². The first-order chi connectivity index (χ1) is 24.4. The van der Waals surface area contributed by atoms with Crippen molar-refractivity contribution in [2.24, 2.45) is 11.8 Å². The number of amides is 2. The molecule has 1 aliphatic rings. The molecule has 2 amide bonds. The highest BCUT2D eigenvalue weighted by atomic mass is 35.5. The molecule has 0 bridgehead atoms. The maximum absolute atomic E-state index is 14.5. The number of piperidine rings is 1. The first kappa shape index (κ1) is 35.5. The highest BCUT2D eigenvalue weighted by molar-refractivity contribution is 6.42. The number of carbonyl (C=O) groups is 2. The van der Waals surface area contributed by atoms with Gasteiger partial charge in [-0.15, -0.1) is 0 Å². The molecule has 1 N–H and O–H groups in total. The number of aryl methyl sites for hydroxylation is 2. The molecular formula is C43H59Cl2N3O2. The SMILES string of the molecule is [2H]C([2H])([2H])N(C(=O)c1ccc(C)c(C)c1C)C(C)[C@H](c1cc(Cl)c(Cl)c(C)c1C)C(C)CN1CCC(NC(C)=O)(c2cccc(C)c2C)C(C)C1(C)C. The summed E-state index contributed by atoms with van der Waals surface area (Å²) in [6.07, 6.45) is 0.700. The van der Waals surface area contributed by atoms with E-state index in [0.717, 1.165) is 43.8 Å². The first-order valence-corrected chi connectivity index (χ1v) is 18.6. The Labute approximate surface area is 316 Å². The third-order valence-corrected chi connectivity index (χ3v) is 13.5. The maximum Gasteiger partial charge on any atom is 0.254 e. The Morgan fingerprint density at radius 3 is 2.22 bits per heavy atom. The third kappa shape index (κ3) is 7.12. The lowest BCUT2D eigenvalue weighted by Crippen LogP contribution is -2.67. The predicted octanol–water partition coefficient (Wildman–Crippen LogP) is 10.2. The van der Waals surface area contributed by atoms with Gasteiger partial charge in [0.1, 0.15) is 0 Å². The molecule has 1 aliphatic heterocycles. The van der Waals surface area contributed by atoms with Crippen molar-refractivity contribution in [2.75, 3.05) is 20.1 Å². The van der Waals surface area contributed by atoms with E-state index in [4.69, 9.17) is 27.3 Å². The summed E-state index contributed by atoms with van der Waals surface area (Å²) in [6.45, 7) is 24.8. The van der Waals surface area contributed by atoms with Crippen LogP contribution in [0.4, 0.5) is 0 Å². The molecule has 3 aromatic rings. The number of rotatable bonds is 9. The second-order valence-corrected chi connectivity index (χ2v) is 16.4. The zero-order chi connectivity index (χ0) is 40.1. The van der Waals surface area contributed by atoms with Crippen LogP contribution in [0.2, 0.25) is 10.0 Å². The summed E-state index contributed by atoms with van der Waals surface area (Å²) in [4.78, 5) is 31.0. The molecule has 1 fully saturated rings. The largest absolute Gasteiger partial charge is 0.346 e. The van der Waals surface area contributed by atoms with Crippen LogP contribution in [0.5, 0.6) is 0 Å². The smallest absolute Gasteiger partial charge is 0.254 e. The monoisotopic (exact) mass is 722 g/mol. The van der Waals surface area contributed by atoms with Crippen LogP contribution in [0, 0.1) is 60.3 Å². The van der Waals surface area contributed by atoms with E-state index in [2.05, 4.69) is 70.0 Å². The van der Waals surface area contributed by atoms with Crippen molar-refractivity contribution in [3.8, 4) is 0 Å². The molecule has 0 aromatic heterocycles. The van der Waals surface area contributed by atoms with Crippen molar-refractivity contribution in [3.63, 3.8) is 0 Å². The summed E-state index contributed by atoms with van der Waals surface area (Å²) in [5, 5.41) is 4.28. The van der Waals surface area contributed by atoms with Crippen LogP contribution in [-0.4, -0.2) is 53.3 Å². The van der Waals surface area contributed by atoms with Crippen molar-refractivity contribution >= 4 is 35.0 Å². The molecule has 0 aliphatic carbocycles. The summed E-state index contributed by atoms with van der Waals surface area (Å²) < 4.78 is 26.2. The molecule has 1 heterocycles. The molecule has 4 unspecified atom stereocenters. The molecule has 272 valence electrons. The highest BCUT2D eigenvalue weighted by Gasteiger charge is 2.53. The van der Waals surface area contributed by atoms with Gasteiger partial charge >= 0.3 is 0 Å². The van der Waals surface area contributed by atoms with E-state index in [1.165, 1.54) is 11.1 Å². The molecule has 0 spiro atoms. The Morgan fingerprint density at radius 1 is 0.960 bits per heavy atom. The number of likely N-dealkylation sites (N-methyl/N-ethyl adjacent to an activating group) is 1. The number of hydrogen-bond donors (Lipinski definition) is 1. The first-order valence-electron chi connectivity index (χ1n) is 19.4. The molecule has 3 aromatic carbocycles. The minimum Gasteiger partial charge on any atom is -0.346 e. The minimum absolute atomic E-state index is 0.00150. The highest BCUT2D eigenvalue weighted by Crippen LogP contribution is 2.48. The summed E-state index contributed by atoms with van der Waals surface area (Å²) in [5.41, 5.74) is 8.33. The van der Waals surface area contributed by atoms with Crippen molar-refractivity contribution in [1.29, 1.82) is 0 Å². The normalized spacial score (nSPS) is 22.1. The molecule has 7 heteroatoms. The number of halogens is 2. The molecule has 0 saturated carbocycles. The van der Waals surface area contributed by atoms with Crippen molar-refractivity contribution in [1.82, 2.24) is 15.1 Å². The van der Waals surface area contributed by atoms with Crippen LogP contribution in [0.3, 0.4) is 0 Å². The van der Waals surface area contributed by atoms with E-state index in [1.807, 2.05) is 53.7 Å². The average Bonchev–Trinajstić information content (AvgIpc) is 3.05. The van der Waals surface area contributed by atoms with Crippen LogP contribution in [0.25, 0.3) is 0 Å². The second kappa shape index (κ2) is 15.0. The second-order valence-electron chi connectivity index (χ2n) is 15.6. The van der Waals surface area contributed by atoms with E-state index < -0.39 is 35.9 Å². The molecule has 1 saturated heterocycles. The number of benzene rings is 3. The van der Waals surface area contributed by atoms with Crippen LogP contribution >= 0.6 is 23.2 Å². The summed E-state index contributed by atoms with van der Waals surface area (Å²) >= 11 is 13.4. The number of carbonyl (C=O) groups excluding carboxylic acids is 2. The quantitative estimate of drug-likeness (QED) is 0.239. The van der Waals surface area contributed by atoms with Gasteiger partial charge in [-0.25, -0.2) is 0 Å². The van der Waals surface area contributed by atoms with Crippen LogP contribution < -0.4 is 5.32 Å². The van der Waals surface area contributed by atoms with Gasteiger partial charge in [0.05, 0.1) is 15.6 Å². The minimum atomic E-state index is -2.72. The standard InChI is InChI=1S/C43H59Cl2N3O2/c1-24-16-15-17-37(28(24)5)43(46-34(11)49)20-21-48(42(12,13)33(43)10)23-26(3)39(36-22-38(44)40(45)31(8)30(36)7)32(9)47(14)41(50)35-19-18-25(2)27(4)29(35)6/h15-19,22,26,32-33,39H,20-21,23H2,1-14H3,(H,46,49)/t26?,32?,33?,39-,43?/m1/s1/i14D3. The lowest BCUT2D eigenvalue weighted by molar-refractivity contribution is -0.125. The van der Waals surface area contributed by atoms with Crippen molar-refractivity contribution in [2.45, 2.75) is 119 Å². The van der Waals surface area contributed by atoms with Gasteiger partial charge in [-0.3, -0.25) is 14.5 Å². The number of nitrogens with zero attached hydrogens (tertiary/aromatic N) is 2. The van der Waals surface area contributed by atoms with Gasteiger partial charge in [-0.05, 0) is 144 Å². The summed E-state index contributed by atoms with van der Waals surface area (Å²) in [6, 6.07) is 11.1. The molecule has 4 rings (SSSR count). The van der Waals surface area contributed by atoms with Crippen LogP contribution in [0.1, 0.15) is 118 Å². The fraction of sp³-hybridized carbons (Fsp3) is 0.535. The summed E-state index contributed by atoms with van der Waals surface area (Å²) in [5.74, 6) is -1.15. The number of hydrogen-bond acceptors (Lipinski definition) is 3. The Morgan fingerprint density at radius 2 is 1.60 bits per heavy atom. The fourth-order valence-electron chi connectivity index (χ4n) is 8.55. The molecule has 5 atom stereocenters. The van der Waals surface area contributed by atoms with Gasteiger partial charge in [-0.1, -0.05) is 61.3 Å². The zero-order valence-electron chi connectivity index (χ0n) is 35.4. The Hall–Kier alpha value is -2.86. The fourth-order valence-corrected chi connectivity index (χ4v) is 9.01. The van der Waals surface area contributed by atoms with Crippen LogP contribution in [-0.2, 0) is 10.3 Å².